The zero-order valence-corrected chi connectivity index (χ0v) is 23.4. The lowest BCUT2D eigenvalue weighted by Gasteiger charge is -2.41. The molecule has 1 saturated heterocycles. The number of anilines is 1. The van der Waals surface area contributed by atoms with Gasteiger partial charge < -0.3 is 29.3 Å². The number of piperazine rings is 1. The number of nitrogens with one attached hydrogen (secondary N) is 1. The molecule has 42 heavy (non-hydrogen) atoms. The molecule has 4 heterocycles. The van der Waals surface area contributed by atoms with Crippen molar-refractivity contribution in [3.05, 3.63) is 79.3 Å². The number of methoxy groups -OCH3 is 2. The first-order valence-electron chi connectivity index (χ1n) is 13.5. The Morgan fingerprint density at radius 2 is 1.90 bits per heavy atom. The van der Waals surface area contributed by atoms with Crippen molar-refractivity contribution >= 4 is 17.8 Å². The quantitative estimate of drug-likeness (QED) is 0.302. The van der Waals surface area contributed by atoms with Crippen molar-refractivity contribution in [3.8, 4) is 23.2 Å². The first-order chi connectivity index (χ1) is 20.5. The van der Waals surface area contributed by atoms with Crippen LogP contribution < -0.4 is 24.4 Å². The van der Waals surface area contributed by atoms with Crippen LogP contribution in [-0.2, 0) is 11.2 Å². The summed E-state index contributed by atoms with van der Waals surface area (Å²) in [7, 11) is 3.18. The van der Waals surface area contributed by atoms with Gasteiger partial charge in [-0.25, -0.2) is 14.8 Å². The van der Waals surface area contributed by atoms with Gasteiger partial charge in [-0.15, -0.1) is 0 Å². The van der Waals surface area contributed by atoms with Gasteiger partial charge in [0.1, 0.15) is 12.1 Å². The third-order valence-corrected chi connectivity index (χ3v) is 6.84. The van der Waals surface area contributed by atoms with Crippen LogP contribution in [0.3, 0.4) is 0 Å². The second-order valence-electron chi connectivity index (χ2n) is 9.53. The topological polar surface area (TPSA) is 137 Å². The van der Waals surface area contributed by atoms with Crippen LogP contribution in [0.1, 0.15) is 12.0 Å². The van der Waals surface area contributed by atoms with Gasteiger partial charge in [-0.3, -0.25) is 14.3 Å². The van der Waals surface area contributed by atoms with Crippen LogP contribution in [0, 0.1) is 0 Å². The minimum atomic E-state index is -0.497. The van der Waals surface area contributed by atoms with Gasteiger partial charge in [0.2, 0.25) is 11.9 Å². The Morgan fingerprint density at radius 3 is 2.67 bits per heavy atom. The summed E-state index contributed by atoms with van der Waals surface area (Å²) in [6.07, 6.45) is 10.1. The number of benzene rings is 1. The fraction of sp³-hybridized carbons (Fsp3) is 0.310. The molecule has 5 rings (SSSR count). The molecular formula is C29H32N8O5. The normalized spacial score (nSPS) is 14.8. The molecule has 13 nitrogen and oxygen atoms in total. The molecule has 3 aromatic heterocycles. The molecule has 0 bridgehead atoms. The number of carbonyl (C=O) groups is 2. The SMILES string of the molecule is COc1ccc(CCNC(=O)CC2CN(C(=O)Oc3cccnc3)CCN2c2ccnc(-n3ccnc3)n2)cc1OC. The molecule has 2 amide bonds. The summed E-state index contributed by atoms with van der Waals surface area (Å²) < 4.78 is 17.9. The second kappa shape index (κ2) is 13.4. The number of nitrogens with zero attached hydrogens (tertiary/aromatic N) is 7. The predicted molar refractivity (Wildman–Crippen MR) is 153 cm³/mol. The van der Waals surface area contributed by atoms with Gasteiger partial charge in [0.05, 0.1) is 26.5 Å². The maximum atomic E-state index is 13.2. The third kappa shape index (κ3) is 6.92. The summed E-state index contributed by atoms with van der Waals surface area (Å²) in [5, 5.41) is 3.01. The number of imidazole rings is 1. The van der Waals surface area contributed by atoms with E-state index >= 15 is 0 Å². The molecule has 1 fully saturated rings. The van der Waals surface area contributed by atoms with Gasteiger partial charge >= 0.3 is 6.09 Å². The van der Waals surface area contributed by atoms with Crippen molar-refractivity contribution in [2.75, 3.05) is 45.3 Å². The summed E-state index contributed by atoms with van der Waals surface area (Å²) in [6, 6.07) is 10.5. The molecule has 0 spiro atoms. The fourth-order valence-corrected chi connectivity index (χ4v) is 4.74. The molecule has 13 heteroatoms. The minimum absolute atomic E-state index is 0.142. The Kier molecular flexibility index (Phi) is 9.07. The highest BCUT2D eigenvalue weighted by Gasteiger charge is 2.33. The zero-order valence-electron chi connectivity index (χ0n) is 23.4. The highest BCUT2D eigenvalue weighted by Crippen LogP contribution is 2.27. The van der Waals surface area contributed by atoms with Crippen LogP contribution in [-0.4, -0.2) is 87.8 Å². The van der Waals surface area contributed by atoms with Crippen LogP contribution in [0.25, 0.3) is 5.95 Å². The smallest absolute Gasteiger partial charge is 0.415 e. The van der Waals surface area contributed by atoms with E-state index in [2.05, 4.69) is 20.3 Å². The zero-order chi connectivity index (χ0) is 29.3. The molecule has 1 unspecified atom stereocenters. The maximum Gasteiger partial charge on any atom is 0.415 e. The van der Waals surface area contributed by atoms with E-state index in [4.69, 9.17) is 19.2 Å². The Bertz CT molecular complexity index is 1480. The average Bonchev–Trinajstić information content (AvgIpc) is 3.57. The number of hydrogen-bond acceptors (Lipinski definition) is 10. The van der Waals surface area contributed by atoms with Crippen LogP contribution in [0.2, 0.25) is 0 Å². The van der Waals surface area contributed by atoms with E-state index in [1.165, 1.54) is 6.20 Å². The largest absolute Gasteiger partial charge is 0.493 e. The van der Waals surface area contributed by atoms with Crippen LogP contribution >= 0.6 is 0 Å². The van der Waals surface area contributed by atoms with Gasteiger partial charge in [-0.1, -0.05) is 6.07 Å². The number of amides is 2. The third-order valence-electron chi connectivity index (χ3n) is 6.84. The Balaban J connectivity index is 1.27. The monoisotopic (exact) mass is 572 g/mol. The molecular weight excluding hydrogens is 540 g/mol. The van der Waals surface area contributed by atoms with Crippen molar-refractivity contribution in [1.29, 1.82) is 0 Å². The van der Waals surface area contributed by atoms with E-state index in [1.54, 1.807) is 73.0 Å². The van der Waals surface area contributed by atoms with E-state index in [-0.39, 0.29) is 24.9 Å². The molecule has 1 aliphatic heterocycles. The number of hydrogen-bond donors (Lipinski definition) is 1. The number of carbonyl (C=O) groups excluding carboxylic acids is 2. The molecule has 1 atom stereocenters. The van der Waals surface area contributed by atoms with Gasteiger partial charge in [0, 0.05) is 57.4 Å². The Morgan fingerprint density at radius 1 is 1.02 bits per heavy atom. The molecule has 0 radical (unpaired) electrons. The number of rotatable bonds is 10. The van der Waals surface area contributed by atoms with Crippen molar-refractivity contribution < 1.29 is 23.8 Å². The van der Waals surface area contributed by atoms with Crippen molar-refractivity contribution in [2.24, 2.45) is 0 Å². The fourth-order valence-electron chi connectivity index (χ4n) is 4.74. The van der Waals surface area contributed by atoms with Crippen LogP contribution in [0.5, 0.6) is 17.2 Å². The van der Waals surface area contributed by atoms with Crippen molar-refractivity contribution in [1.82, 2.24) is 34.7 Å². The van der Waals surface area contributed by atoms with Crippen molar-refractivity contribution in [3.63, 3.8) is 0 Å². The van der Waals surface area contributed by atoms with Crippen LogP contribution in [0.15, 0.2) is 73.7 Å². The average molecular weight is 573 g/mol. The standard InChI is InChI=1S/C29H32N8O5/c1-40-24-6-5-21(16-25(24)41-2)7-10-32-27(38)17-22-19-35(29(39)42-23-4-3-9-30-18-23)14-15-37(22)26-8-11-33-28(34-26)36-13-12-31-20-36/h3-6,8-9,11-13,16,18,20,22H,7,10,14-15,17,19H2,1-2H3,(H,32,38). The summed E-state index contributed by atoms with van der Waals surface area (Å²) in [5.74, 6) is 2.61. The molecule has 0 aliphatic carbocycles. The first-order valence-corrected chi connectivity index (χ1v) is 13.5. The predicted octanol–water partition coefficient (Wildman–Crippen LogP) is 2.51. The summed E-state index contributed by atoms with van der Waals surface area (Å²) >= 11 is 0. The minimum Gasteiger partial charge on any atom is -0.493 e. The highest BCUT2D eigenvalue weighted by atomic mass is 16.6. The lowest BCUT2D eigenvalue weighted by Crippen LogP contribution is -2.57. The molecule has 218 valence electrons. The molecule has 0 saturated carbocycles. The van der Waals surface area contributed by atoms with Gasteiger partial charge in [0.25, 0.3) is 0 Å². The van der Waals surface area contributed by atoms with Gasteiger partial charge in [-0.2, -0.15) is 4.98 Å². The van der Waals surface area contributed by atoms with E-state index in [1.807, 2.05) is 23.1 Å². The molecule has 1 aliphatic rings. The number of pyridine rings is 1. The van der Waals surface area contributed by atoms with Gasteiger partial charge in [-0.05, 0) is 42.3 Å². The number of aromatic nitrogens is 5. The lowest BCUT2D eigenvalue weighted by atomic mass is 10.1. The maximum absolute atomic E-state index is 13.2. The van der Waals surface area contributed by atoms with E-state index in [0.29, 0.717) is 55.1 Å². The van der Waals surface area contributed by atoms with Crippen LogP contribution in [0.4, 0.5) is 10.6 Å². The molecule has 4 aromatic rings. The summed E-state index contributed by atoms with van der Waals surface area (Å²) in [6.45, 7) is 1.55. The molecule has 1 N–H and O–H groups in total. The van der Waals surface area contributed by atoms with E-state index in [0.717, 1.165) is 5.56 Å². The second-order valence-corrected chi connectivity index (χ2v) is 9.53. The lowest BCUT2D eigenvalue weighted by molar-refractivity contribution is -0.121. The number of ether oxygens (including phenoxy) is 3. The Hall–Kier alpha value is -5.20. The summed E-state index contributed by atoms with van der Waals surface area (Å²) in [5.41, 5.74) is 1.00. The Labute approximate surface area is 243 Å². The highest BCUT2D eigenvalue weighted by molar-refractivity contribution is 5.78. The van der Waals surface area contributed by atoms with Crippen molar-refractivity contribution in [2.45, 2.75) is 18.9 Å². The van der Waals surface area contributed by atoms with E-state index in [9.17, 15) is 9.59 Å². The van der Waals surface area contributed by atoms with Gasteiger partial charge in [0.15, 0.2) is 17.2 Å². The summed E-state index contributed by atoms with van der Waals surface area (Å²) in [4.78, 5) is 46.9. The molecule has 1 aromatic carbocycles. The van der Waals surface area contributed by atoms with E-state index < -0.39 is 6.09 Å². The first kappa shape index (κ1) is 28.3.